The lowest BCUT2D eigenvalue weighted by Crippen LogP contribution is -2.16. The van der Waals surface area contributed by atoms with Crippen LogP contribution in [0.4, 0.5) is 0 Å². The van der Waals surface area contributed by atoms with E-state index in [4.69, 9.17) is 10.5 Å². The molecule has 2 aromatic carbocycles. The number of ether oxygens (including phenoxy) is 1. The highest BCUT2D eigenvalue weighted by Crippen LogP contribution is 2.28. The highest BCUT2D eigenvalue weighted by molar-refractivity contribution is 6.02. The molecule has 0 aliphatic heterocycles. The maximum atomic E-state index is 12.8. The highest BCUT2D eigenvalue weighted by Gasteiger charge is 2.22. The number of amides is 1. The van der Waals surface area contributed by atoms with Crippen LogP contribution in [0.2, 0.25) is 0 Å². The molecule has 4 N–H and O–H groups in total. The van der Waals surface area contributed by atoms with Gasteiger partial charge < -0.3 is 20.6 Å². The summed E-state index contributed by atoms with van der Waals surface area (Å²) in [6.45, 7) is 3.33. The van der Waals surface area contributed by atoms with Gasteiger partial charge in [-0.2, -0.15) is 0 Å². The summed E-state index contributed by atoms with van der Waals surface area (Å²) >= 11 is 0. The number of rotatable bonds is 5. The summed E-state index contributed by atoms with van der Waals surface area (Å²) in [6.07, 6.45) is 0. The Labute approximate surface area is 177 Å². The van der Waals surface area contributed by atoms with Crippen molar-refractivity contribution in [3.05, 3.63) is 70.3 Å². The molecule has 2 aromatic heterocycles. The number of para-hydroxylation sites is 2. The van der Waals surface area contributed by atoms with Crippen LogP contribution in [-0.4, -0.2) is 37.6 Å². The number of carbonyl (C=O) groups excluding carboxylic acids is 1. The van der Waals surface area contributed by atoms with Crippen molar-refractivity contribution in [1.29, 1.82) is 0 Å². The minimum absolute atomic E-state index is 0.112. The molecule has 4 rings (SSSR count). The Morgan fingerprint density at radius 2 is 1.90 bits per heavy atom. The van der Waals surface area contributed by atoms with Crippen molar-refractivity contribution in [1.82, 2.24) is 19.5 Å². The van der Waals surface area contributed by atoms with Crippen LogP contribution >= 0.6 is 0 Å². The van der Waals surface area contributed by atoms with Crippen LogP contribution in [0, 0.1) is 0 Å². The van der Waals surface area contributed by atoms with E-state index in [-0.39, 0.29) is 22.7 Å². The van der Waals surface area contributed by atoms with E-state index >= 15 is 0 Å². The van der Waals surface area contributed by atoms with Crippen molar-refractivity contribution in [2.45, 2.75) is 19.4 Å². The number of hydrogen-bond acceptors (Lipinski definition) is 6. The number of nitrogens with two attached hydrogens (primary N) is 1. The number of nitrogens with one attached hydrogen (secondary N) is 1. The van der Waals surface area contributed by atoms with Crippen molar-refractivity contribution in [2.75, 3.05) is 7.11 Å². The monoisotopic (exact) mass is 419 g/mol. The topological polar surface area (TPSA) is 136 Å². The minimum Gasteiger partial charge on any atom is -0.495 e. The van der Waals surface area contributed by atoms with Crippen molar-refractivity contribution in [3.63, 3.8) is 0 Å². The molecular formula is C22H21N5O4. The van der Waals surface area contributed by atoms with E-state index < -0.39 is 17.2 Å². The second kappa shape index (κ2) is 7.37. The molecule has 4 aromatic rings. The molecule has 2 heterocycles. The summed E-state index contributed by atoms with van der Waals surface area (Å²) in [7, 11) is 1.50. The maximum absolute atomic E-state index is 12.8. The van der Waals surface area contributed by atoms with E-state index in [1.54, 1.807) is 62.4 Å². The van der Waals surface area contributed by atoms with Gasteiger partial charge in [-0.1, -0.05) is 30.3 Å². The predicted molar refractivity (Wildman–Crippen MR) is 115 cm³/mol. The van der Waals surface area contributed by atoms with Gasteiger partial charge in [0, 0.05) is 5.56 Å². The van der Waals surface area contributed by atoms with Gasteiger partial charge in [0.2, 0.25) is 0 Å². The van der Waals surface area contributed by atoms with Crippen LogP contribution in [0.1, 0.15) is 29.9 Å². The Hall–Kier alpha value is -3.98. The average molecular weight is 419 g/mol. The predicted octanol–water partition coefficient (Wildman–Crippen LogP) is 2.11. The fourth-order valence-corrected chi connectivity index (χ4v) is 3.37. The molecule has 0 radical (unpaired) electrons. The summed E-state index contributed by atoms with van der Waals surface area (Å²) in [4.78, 5) is 36.4. The van der Waals surface area contributed by atoms with Crippen molar-refractivity contribution in [3.8, 4) is 22.8 Å². The molecule has 0 bridgehead atoms. The number of hydrogen-bond donors (Lipinski definition) is 3. The average Bonchev–Trinajstić information content (AvgIpc) is 3.07. The van der Waals surface area contributed by atoms with Crippen LogP contribution in [0.5, 0.6) is 5.75 Å². The largest absolute Gasteiger partial charge is 0.495 e. The van der Waals surface area contributed by atoms with E-state index in [0.29, 0.717) is 22.6 Å². The fourth-order valence-electron chi connectivity index (χ4n) is 3.37. The van der Waals surface area contributed by atoms with E-state index in [9.17, 15) is 14.7 Å². The maximum Gasteiger partial charge on any atom is 0.332 e. The van der Waals surface area contributed by atoms with Gasteiger partial charge in [0.15, 0.2) is 17.2 Å². The summed E-state index contributed by atoms with van der Waals surface area (Å²) < 4.78 is 6.69. The molecule has 0 unspecified atom stereocenters. The molecule has 31 heavy (non-hydrogen) atoms. The number of H-pyrrole nitrogens is 1. The number of aliphatic hydroxyl groups is 1. The lowest BCUT2D eigenvalue weighted by Gasteiger charge is -2.18. The summed E-state index contributed by atoms with van der Waals surface area (Å²) in [5.41, 5.74) is 5.81. The standard InChI is InChI=1S/C22H21N5O4/c1-22(2,30)13-8-6-7-12(11-13)19-24-16(18(23)28)17-20(26-19)27(21(29)25-17)14-9-4-5-10-15(14)31-3/h4-11,30H,1-3H3,(H2,23,28)(H,25,29). The molecule has 158 valence electrons. The van der Waals surface area contributed by atoms with Gasteiger partial charge in [-0.3, -0.25) is 4.79 Å². The van der Waals surface area contributed by atoms with E-state index in [1.807, 2.05) is 0 Å². The smallest absolute Gasteiger partial charge is 0.332 e. The van der Waals surface area contributed by atoms with Gasteiger partial charge >= 0.3 is 5.69 Å². The lowest BCUT2D eigenvalue weighted by atomic mass is 9.96. The molecule has 0 aliphatic carbocycles. The highest BCUT2D eigenvalue weighted by atomic mass is 16.5. The number of aromatic nitrogens is 4. The van der Waals surface area contributed by atoms with E-state index in [2.05, 4.69) is 15.0 Å². The van der Waals surface area contributed by atoms with Crippen LogP contribution in [0.25, 0.3) is 28.2 Å². The van der Waals surface area contributed by atoms with Gasteiger partial charge in [-0.25, -0.2) is 19.3 Å². The number of imidazole rings is 1. The number of methoxy groups -OCH3 is 1. The number of nitrogens with zero attached hydrogens (tertiary/aromatic N) is 3. The Morgan fingerprint density at radius 3 is 2.58 bits per heavy atom. The van der Waals surface area contributed by atoms with Crippen molar-refractivity contribution < 1.29 is 14.6 Å². The third-order valence-corrected chi connectivity index (χ3v) is 4.92. The number of benzene rings is 2. The Morgan fingerprint density at radius 1 is 1.16 bits per heavy atom. The normalized spacial score (nSPS) is 11.6. The van der Waals surface area contributed by atoms with Crippen LogP contribution < -0.4 is 16.2 Å². The first kappa shape index (κ1) is 20.3. The number of primary amides is 1. The minimum atomic E-state index is -1.08. The van der Waals surface area contributed by atoms with Crippen molar-refractivity contribution in [2.24, 2.45) is 5.73 Å². The second-order valence-corrected chi connectivity index (χ2v) is 7.54. The van der Waals surface area contributed by atoms with Gasteiger partial charge in [0.25, 0.3) is 5.91 Å². The molecule has 0 atom stereocenters. The zero-order valence-electron chi connectivity index (χ0n) is 17.2. The SMILES string of the molecule is COc1ccccc1-n1c(=O)[nH]c2c(C(N)=O)nc(-c3cccc(C(C)(C)O)c3)nc21. The Kier molecular flexibility index (Phi) is 4.82. The van der Waals surface area contributed by atoms with Crippen LogP contribution in [0.3, 0.4) is 0 Å². The van der Waals surface area contributed by atoms with E-state index in [0.717, 1.165) is 0 Å². The number of carbonyl (C=O) groups is 1. The molecule has 0 saturated heterocycles. The molecule has 1 amide bonds. The Balaban J connectivity index is 2.04. The van der Waals surface area contributed by atoms with E-state index in [1.165, 1.54) is 11.7 Å². The van der Waals surface area contributed by atoms with Gasteiger partial charge in [-0.05, 0) is 37.6 Å². The second-order valence-electron chi connectivity index (χ2n) is 7.54. The third kappa shape index (κ3) is 3.55. The molecule has 9 heteroatoms. The first-order valence-electron chi connectivity index (χ1n) is 9.50. The first-order valence-corrected chi connectivity index (χ1v) is 9.50. The zero-order valence-corrected chi connectivity index (χ0v) is 17.2. The molecule has 0 aliphatic rings. The van der Waals surface area contributed by atoms with Crippen LogP contribution in [-0.2, 0) is 5.60 Å². The molecular weight excluding hydrogens is 398 g/mol. The molecule has 0 spiro atoms. The summed E-state index contributed by atoms with van der Waals surface area (Å²) in [5, 5.41) is 10.3. The quantitative estimate of drug-likeness (QED) is 0.453. The molecule has 0 saturated carbocycles. The zero-order chi connectivity index (χ0) is 22.3. The van der Waals surface area contributed by atoms with Crippen LogP contribution in [0.15, 0.2) is 53.3 Å². The lowest BCUT2D eigenvalue weighted by molar-refractivity contribution is 0.0786. The Bertz CT molecular complexity index is 1360. The number of aromatic amines is 1. The van der Waals surface area contributed by atoms with Gasteiger partial charge in [0.1, 0.15) is 11.3 Å². The summed E-state index contributed by atoms with van der Waals surface area (Å²) in [6, 6.07) is 14.0. The summed E-state index contributed by atoms with van der Waals surface area (Å²) in [5.74, 6) is -0.161. The van der Waals surface area contributed by atoms with Gasteiger partial charge in [0.05, 0.1) is 18.4 Å². The first-order chi connectivity index (χ1) is 14.7. The van der Waals surface area contributed by atoms with Gasteiger partial charge in [-0.15, -0.1) is 0 Å². The number of fused-ring (bicyclic) bond motifs is 1. The third-order valence-electron chi connectivity index (χ3n) is 4.92. The fraction of sp³-hybridized carbons (Fsp3) is 0.182. The molecule has 0 fully saturated rings. The molecule has 9 nitrogen and oxygen atoms in total. The van der Waals surface area contributed by atoms with Crippen molar-refractivity contribution >= 4 is 17.1 Å².